The van der Waals surface area contributed by atoms with Crippen molar-refractivity contribution < 1.29 is 10.0 Å². The zero-order valence-corrected chi connectivity index (χ0v) is 19.9. The van der Waals surface area contributed by atoms with Crippen molar-refractivity contribution in [3.05, 3.63) is 28.3 Å². The van der Waals surface area contributed by atoms with E-state index in [0.717, 1.165) is 37.6 Å². The van der Waals surface area contributed by atoms with Crippen LogP contribution in [0.4, 0.5) is 0 Å². The van der Waals surface area contributed by atoms with Crippen LogP contribution < -0.4 is 5.46 Å². The smallest absolute Gasteiger partial charge is 0.423 e. The fourth-order valence-corrected chi connectivity index (χ4v) is 4.49. The van der Waals surface area contributed by atoms with Crippen LogP contribution in [0.15, 0.2) is 6.07 Å². The summed E-state index contributed by atoms with van der Waals surface area (Å²) in [6.45, 7) is 9.01. The maximum Gasteiger partial charge on any atom is 0.488 e. The van der Waals surface area contributed by atoms with Gasteiger partial charge in [-0.25, -0.2) is 0 Å². The van der Waals surface area contributed by atoms with Gasteiger partial charge in [-0.3, -0.25) is 0 Å². The molecule has 0 aliphatic heterocycles. The van der Waals surface area contributed by atoms with E-state index in [9.17, 15) is 10.0 Å². The summed E-state index contributed by atoms with van der Waals surface area (Å²) in [5.41, 5.74) is 6.47. The van der Waals surface area contributed by atoms with Crippen molar-refractivity contribution in [3.63, 3.8) is 0 Å². The fraction of sp³-hybridized carbons (Fsp3) is 0.769. The van der Waals surface area contributed by atoms with Crippen molar-refractivity contribution in [2.75, 3.05) is 0 Å². The molecule has 2 N–H and O–H groups in total. The molecule has 0 aliphatic carbocycles. The van der Waals surface area contributed by atoms with Crippen LogP contribution in [-0.4, -0.2) is 17.2 Å². The summed E-state index contributed by atoms with van der Waals surface area (Å²) in [5, 5.41) is 20.4. The Labute approximate surface area is 181 Å². The Kier molecular flexibility index (Phi) is 14.4. The van der Waals surface area contributed by atoms with Gasteiger partial charge in [0.25, 0.3) is 0 Å². The van der Waals surface area contributed by atoms with Crippen LogP contribution in [0.3, 0.4) is 0 Å². The lowest BCUT2D eigenvalue weighted by Crippen LogP contribution is -2.35. The van der Waals surface area contributed by atoms with E-state index in [1.807, 2.05) is 0 Å². The Hall–Kier alpha value is -0.795. The molecule has 0 saturated heterocycles. The maximum atomic E-state index is 10.2. The lowest BCUT2D eigenvalue weighted by Gasteiger charge is -2.23. The molecule has 1 rings (SSSR count). The summed E-state index contributed by atoms with van der Waals surface area (Å²) in [5.74, 6) is 0. The van der Waals surface area contributed by atoms with Crippen LogP contribution in [-0.2, 0) is 25.7 Å². The van der Waals surface area contributed by atoms with Crippen molar-refractivity contribution >= 4 is 12.6 Å². The molecule has 166 valence electrons. The van der Waals surface area contributed by atoms with Gasteiger partial charge in [-0.1, -0.05) is 85.1 Å². The molecule has 0 atom stereocenters. The molecule has 0 radical (unpaired) electrons. The van der Waals surface area contributed by atoms with Gasteiger partial charge in [0.15, 0.2) is 0 Å². The zero-order valence-electron chi connectivity index (χ0n) is 19.9. The van der Waals surface area contributed by atoms with Gasteiger partial charge >= 0.3 is 7.12 Å². The van der Waals surface area contributed by atoms with E-state index in [4.69, 9.17) is 0 Å². The molecule has 0 aliphatic rings. The summed E-state index contributed by atoms with van der Waals surface area (Å²) in [7, 11) is -1.36. The number of hydrogen-bond acceptors (Lipinski definition) is 2. The number of benzene rings is 1. The van der Waals surface area contributed by atoms with Gasteiger partial charge in [-0.15, -0.1) is 0 Å². The van der Waals surface area contributed by atoms with Gasteiger partial charge in [0.05, 0.1) is 0 Å². The number of rotatable bonds is 17. The first-order valence-corrected chi connectivity index (χ1v) is 12.6. The minimum Gasteiger partial charge on any atom is -0.423 e. The second-order valence-corrected chi connectivity index (χ2v) is 8.76. The van der Waals surface area contributed by atoms with E-state index in [0.29, 0.717) is 0 Å². The van der Waals surface area contributed by atoms with Gasteiger partial charge in [-0.05, 0) is 79.1 Å². The summed E-state index contributed by atoms with van der Waals surface area (Å²) in [6.07, 6.45) is 19.0. The zero-order chi connectivity index (χ0) is 21.5. The minimum atomic E-state index is -1.36. The number of unbranched alkanes of at least 4 members (excludes halogenated alkanes) is 8. The average Bonchev–Trinajstić information content (AvgIpc) is 2.70. The van der Waals surface area contributed by atoms with Crippen molar-refractivity contribution in [2.45, 2.75) is 130 Å². The number of hydrogen-bond donors (Lipinski definition) is 2. The van der Waals surface area contributed by atoms with E-state index in [1.54, 1.807) is 5.56 Å². The molecule has 0 heterocycles. The van der Waals surface area contributed by atoms with E-state index in [-0.39, 0.29) is 0 Å². The Morgan fingerprint density at radius 2 is 0.966 bits per heavy atom. The predicted octanol–water partition coefficient (Wildman–Crippen LogP) is 6.30. The van der Waals surface area contributed by atoms with E-state index in [2.05, 4.69) is 33.8 Å². The van der Waals surface area contributed by atoms with Crippen molar-refractivity contribution in [3.8, 4) is 0 Å². The molecular formula is C26H47BO2. The highest BCUT2D eigenvalue weighted by atomic mass is 16.4. The lowest BCUT2D eigenvalue weighted by atomic mass is 9.70. The third-order valence-electron chi connectivity index (χ3n) is 6.21. The van der Waals surface area contributed by atoms with Crippen LogP contribution in [0.5, 0.6) is 0 Å². The molecule has 0 unspecified atom stereocenters. The Morgan fingerprint density at radius 1 is 0.552 bits per heavy atom. The van der Waals surface area contributed by atoms with Gasteiger partial charge in [0, 0.05) is 0 Å². The topological polar surface area (TPSA) is 40.5 Å². The Balaban J connectivity index is 3.39. The summed E-state index contributed by atoms with van der Waals surface area (Å²) >= 11 is 0. The standard InChI is InChI=1S/C26H47BO2/c1-5-9-13-17-22-21-26(27(28)29)25(20-16-12-8-4)24(19-15-11-7-3)23(22)18-14-10-6-2/h21,28-29H,5-20H2,1-4H3. The highest BCUT2D eigenvalue weighted by molar-refractivity contribution is 6.59. The Morgan fingerprint density at radius 3 is 1.41 bits per heavy atom. The molecule has 3 heteroatoms. The summed E-state index contributed by atoms with van der Waals surface area (Å²) in [4.78, 5) is 0. The molecule has 29 heavy (non-hydrogen) atoms. The second-order valence-electron chi connectivity index (χ2n) is 8.76. The van der Waals surface area contributed by atoms with Gasteiger partial charge < -0.3 is 10.0 Å². The molecule has 0 fully saturated rings. The van der Waals surface area contributed by atoms with Crippen molar-refractivity contribution in [1.29, 1.82) is 0 Å². The van der Waals surface area contributed by atoms with Crippen LogP contribution in [0.2, 0.25) is 0 Å². The van der Waals surface area contributed by atoms with Crippen LogP contribution in [0.1, 0.15) is 127 Å². The predicted molar refractivity (Wildman–Crippen MR) is 129 cm³/mol. The van der Waals surface area contributed by atoms with Crippen molar-refractivity contribution in [2.24, 2.45) is 0 Å². The third kappa shape index (κ3) is 9.26. The highest BCUT2D eigenvalue weighted by Gasteiger charge is 2.23. The van der Waals surface area contributed by atoms with Gasteiger partial charge in [0.1, 0.15) is 0 Å². The first-order valence-electron chi connectivity index (χ1n) is 12.6. The first-order chi connectivity index (χ1) is 14.1. The fourth-order valence-electron chi connectivity index (χ4n) is 4.49. The molecule has 0 saturated carbocycles. The minimum absolute atomic E-state index is 0.790. The molecule has 0 amide bonds. The maximum absolute atomic E-state index is 10.2. The molecule has 1 aromatic carbocycles. The lowest BCUT2D eigenvalue weighted by molar-refractivity contribution is 0.425. The van der Waals surface area contributed by atoms with E-state index < -0.39 is 7.12 Å². The first kappa shape index (κ1) is 26.2. The van der Waals surface area contributed by atoms with Crippen LogP contribution in [0, 0.1) is 0 Å². The molecule has 1 aromatic rings. The van der Waals surface area contributed by atoms with E-state index >= 15 is 0 Å². The second kappa shape index (κ2) is 16.0. The third-order valence-corrected chi connectivity index (χ3v) is 6.21. The average molecular weight is 402 g/mol. The molecule has 2 nitrogen and oxygen atoms in total. The van der Waals surface area contributed by atoms with Gasteiger partial charge in [-0.2, -0.15) is 0 Å². The molecule has 0 spiro atoms. The van der Waals surface area contributed by atoms with Gasteiger partial charge in [0.2, 0.25) is 0 Å². The normalized spacial score (nSPS) is 11.2. The van der Waals surface area contributed by atoms with Crippen LogP contribution >= 0.6 is 0 Å². The largest absolute Gasteiger partial charge is 0.488 e. The van der Waals surface area contributed by atoms with E-state index in [1.165, 1.54) is 87.3 Å². The van der Waals surface area contributed by atoms with Crippen LogP contribution in [0.25, 0.3) is 0 Å². The summed E-state index contributed by atoms with van der Waals surface area (Å²) < 4.78 is 0. The SMILES string of the molecule is CCCCCc1cc(B(O)O)c(CCCCC)c(CCCCC)c1CCCCC. The summed E-state index contributed by atoms with van der Waals surface area (Å²) in [6, 6.07) is 2.16. The molecule has 0 bridgehead atoms. The number of aryl methyl sites for hydroxylation is 1. The Bertz CT molecular complexity index is 554. The monoisotopic (exact) mass is 402 g/mol. The quantitative estimate of drug-likeness (QED) is 0.237. The molecular weight excluding hydrogens is 355 g/mol. The molecule has 0 aromatic heterocycles. The highest BCUT2D eigenvalue weighted by Crippen LogP contribution is 2.26. The van der Waals surface area contributed by atoms with Crippen molar-refractivity contribution in [1.82, 2.24) is 0 Å².